The largest absolute Gasteiger partial charge is 0.444 e. The predicted molar refractivity (Wildman–Crippen MR) is 79.3 cm³/mol. The van der Waals surface area contributed by atoms with Crippen LogP contribution in [0.4, 0.5) is 4.79 Å². The molecule has 0 N–H and O–H groups in total. The monoisotopic (exact) mass is 287 g/mol. The maximum atomic E-state index is 12.7. The molecule has 4 heteroatoms. The molecule has 0 bridgehead atoms. The molecule has 1 spiro atoms. The number of nitrogens with zero attached hydrogens (tertiary/aromatic N) is 1. The summed E-state index contributed by atoms with van der Waals surface area (Å²) >= 11 is 0. The third-order valence-electron chi connectivity index (χ3n) is 4.28. The maximum Gasteiger partial charge on any atom is 0.410 e. The summed E-state index contributed by atoms with van der Waals surface area (Å²) in [7, 11) is 0. The van der Waals surface area contributed by atoms with Crippen molar-refractivity contribution in [1.82, 2.24) is 4.90 Å². The number of fused-ring (bicyclic) bond motifs is 1. The van der Waals surface area contributed by atoms with Gasteiger partial charge in [0, 0.05) is 18.7 Å². The highest BCUT2D eigenvalue weighted by molar-refractivity contribution is 6.05. The Balaban J connectivity index is 1.76. The second kappa shape index (κ2) is 4.58. The maximum absolute atomic E-state index is 12.7. The molecule has 4 nitrogen and oxygen atoms in total. The zero-order valence-electron chi connectivity index (χ0n) is 12.8. The molecule has 1 unspecified atom stereocenters. The predicted octanol–water partition coefficient (Wildman–Crippen LogP) is 3.05. The SMILES string of the molecule is CC(C)(C)OC(=O)N1CCC2(Cc3ccccc3C2=O)C1. The molecule has 1 atom stereocenters. The van der Waals surface area contributed by atoms with E-state index < -0.39 is 11.0 Å². The van der Waals surface area contributed by atoms with Gasteiger partial charge in [-0.25, -0.2) is 4.79 Å². The lowest BCUT2D eigenvalue weighted by Crippen LogP contribution is -2.38. The van der Waals surface area contributed by atoms with Crippen molar-refractivity contribution in [3.8, 4) is 0 Å². The van der Waals surface area contributed by atoms with Gasteiger partial charge in [-0.1, -0.05) is 24.3 Å². The number of rotatable bonds is 0. The fraction of sp³-hybridized carbons (Fsp3) is 0.529. The summed E-state index contributed by atoms with van der Waals surface area (Å²) in [6, 6.07) is 7.77. The van der Waals surface area contributed by atoms with Gasteiger partial charge in [-0.15, -0.1) is 0 Å². The molecule has 0 saturated carbocycles. The van der Waals surface area contributed by atoms with Gasteiger partial charge < -0.3 is 9.64 Å². The first kappa shape index (κ1) is 14.1. The minimum Gasteiger partial charge on any atom is -0.444 e. The Morgan fingerprint density at radius 2 is 2.00 bits per heavy atom. The van der Waals surface area contributed by atoms with Crippen LogP contribution < -0.4 is 0 Å². The van der Waals surface area contributed by atoms with Crippen molar-refractivity contribution in [3.05, 3.63) is 35.4 Å². The third-order valence-corrected chi connectivity index (χ3v) is 4.28. The van der Waals surface area contributed by atoms with E-state index in [0.29, 0.717) is 13.1 Å². The summed E-state index contributed by atoms with van der Waals surface area (Å²) in [6.45, 7) is 6.62. The molecule has 2 aliphatic rings. The standard InChI is InChI=1S/C17H21NO3/c1-16(2,3)21-15(20)18-9-8-17(11-18)10-12-6-4-5-7-13(12)14(17)19/h4-7H,8-11H2,1-3H3. The summed E-state index contributed by atoms with van der Waals surface area (Å²) in [5.41, 5.74) is 0.993. The number of ether oxygens (including phenoxy) is 1. The van der Waals surface area contributed by atoms with E-state index in [1.165, 1.54) is 0 Å². The van der Waals surface area contributed by atoms with Crippen molar-refractivity contribution in [1.29, 1.82) is 0 Å². The van der Waals surface area contributed by atoms with Crippen LogP contribution in [0.15, 0.2) is 24.3 Å². The van der Waals surface area contributed by atoms with E-state index in [9.17, 15) is 9.59 Å². The van der Waals surface area contributed by atoms with Gasteiger partial charge in [0.15, 0.2) is 5.78 Å². The van der Waals surface area contributed by atoms with Crippen molar-refractivity contribution in [2.45, 2.75) is 39.2 Å². The minimum absolute atomic E-state index is 0.184. The van der Waals surface area contributed by atoms with Crippen LogP contribution in [0.2, 0.25) is 0 Å². The lowest BCUT2D eigenvalue weighted by molar-refractivity contribution is 0.0276. The molecular formula is C17H21NO3. The Hall–Kier alpha value is -1.84. The van der Waals surface area contributed by atoms with Gasteiger partial charge in [0.25, 0.3) is 0 Å². The van der Waals surface area contributed by atoms with Gasteiger partial charge in [0.05, 0.1) is 5.41 Å². The second-order valence-corrected chi connectivity index (χ2v) is 7.10. The molecule has 1 aromatic rings. The van der Waals surface area contributed by atoms with Crippen molar-refractivity contribution < 1.29 is 14.3 Å². The number of ketones is 1. The van der Waals surface area contributed by atoms with Crippen molar-refractivity contribution in [2.75, 3.05) is 13.1 Å². The Kier molecular flexibility index (Phi) is 3.08. The van der Waals surface area contributed by atoms with Gasteiger partial charge in [0.1, 0.15) is 5.60 Å². The topological polar surface area (TPSA) is 46.6 Å². The Bertz CT molecular complexity index is 602. The van der Waals surface area contributed by atoms with E-state index in [-0.39, 0.29) is 11.9 Å². The molecular weight excluding hydrogens is 266 g/mol. The normalized spacial score (nSPS) is 24.5. The Morgan fingerprint density at radius 1 is 1.29 bits per heavy atom. The van der Waals surface area contributed by atoms with E-state index >= 15 is 0 Å². The van der Waals surface area contributed by atoms with Crippen LogP contribution in [-0.2, 0) is 11.2 Å². The average Bonchev–Trinajstić information content (AvgIpc) is 2.93. The summed E-state index contributed by atoms with van der Waals surface area (Å²) in [5, 5.41) is 0. The molecule has 1 aliphatic carbocycles. The second-order valence-electron chi connectivity index (χ2n) is 7.10. The van der Waals surface area contributed by atoms with E-state index in [1.807, 2.05) is 45.0 Å². The summed E-state index contributed by atoms with van der Waals surface area (Å²) in [6.07, 6.45) is 1.14. The van der Waals surface area contributed by atoms with Crippen molar-refractivity contribution >= 4 is 11.9 Å². The lowest BCUT2D eigenvalue weighted by Gasteiger charge is -2.26. The minimum atomic E-state index is -0.504. The molecule has 0 radical (unpaired) electrons. The van der Waals surface area contributed by atoms with Crippen LogP contribution in [0.5, 0.6) is 0 Å². The highest BCUT2D eigenvalue weighted by atomic mass is 16.6. The number of benzene rings is 1. The molecule has 1 fully saturated rings. The molecule has 112 valence electrons. The first-order valence-corrected chi connectivity index (χ1v) is 7.41. The van der Waals surface area contributed by atoms with Gasteiger partial charge in [-0.05, 0) is 39.2 Å². The molecule has 1 aliphatic heterocycles. The first-order chi connectivity index (χ1) is 9.81. The Morgan fingerprint density at radius 3 is 2.67 bits per heavy atom. The lowest BCUT2D eigenvalue weighted by atomic mass is 9.83. The highest BCUT2D eigenvalue weighted by Gasteiger charge is 2.51. The molecule has 1 heterocycles. The van der Waals surface area contributed by atoms with Gasteiger partial charge in [-0.3, -0.25) is 4.79 Å². The van der Waals surface area contributed by atoms with Gasteiger partial charge >= 0.3 is 6.09 Å². The number of hydrogen-bond acceptors (Lipinski definition) is 3. The quantitative estimate of drug-likeness (QED) is 0.736. The van der Waals surface area contributed by atoms with Gasteiger partial charge in [0.2, 0.25) is 0 Å². The number of carbonyl (C=O) groups is 2. The van der Waals surface area contributed by atoms with Crippen LogP contribution >= 0.6 is 0 Å². The molecule has 1 saturated heterocycles. The zero-order chi connectivity index (χ0) is 15.3. The number of Topliss-reactive ketones (excluding diaryl/α,β-unsaturated/α-hetero) is 1. The first-order valence-electron chi connectivity index (χ1n) is 7.41. The molecule has 1 aromatic carbocycles. The van der Waals surface area contributed by atoms with Gasteiger partial charge in [-0.2, -0.15) is 0 Å². The van der Waals surface area contributed by atoms with Crippen LogP contribution in [0.3, 0.4) is 0 Å². The molecule has 1 amide bonds. The number of hydrogen-bond donors (Lipinski definition) is 0. The fourth-order valence-electron chi connectivity index (χ4n) is 3.31. The third kappa shape index (κ3) is 2.43. The molecule has 0 aromatic heterocycles. The zero-order valence-corrected chi connectivity index (χ0v) is 12.8. The van der Waals surface area contributed by atoms with E-state index in [2.05, 4.69) is 0 Å². The number of likely N-dealkylation sites (tertiary alicyclic amines) is 1. The van der Waals surface area contributed by atoms with E-state index in [4.69, 9.17) is 4.74 Å². The summed E-state index contributed by atoms with van der Waals surface area (Å²) in [5.74, 6) is 0.184. The van der Waals surface area contributed by atoms with Crippen LogP contribution in [0, 0.1) is 5.41 Å². The summed E-state index contributed by atoms with van der Waals surface area (Å²) < 4.78 is 5.41. The van der Waals surface area contributed by atoms with Crippen molar-refractivity contribution in [3.63, 3.8) is 0 Å². The number of carbonyl (C=O) groups excluding carboxylic acids is 2. The Labute approximate surface area is 125 Å². The molecule has 3 rings (SSSR count). The fourth-order valence-corrected chi connectivity index (χ4v) is 3.31. The summed E-state index contributed by atoms with van der Waals surface area (Å²) in [4.78, 5) is 26.5. The smallest absolute Gasteiger partial charge is 0.410 e. The van der Waals surface area contributed by atoms with Crippen LogP contribution in [0.25, 0.3) is 0 Å². The average molecular weight is 287 g/mol. The molecule has 21 heavy (non-hydrogen) atoms. The van der Waals surface area contributed by atoms with E-state index in [1.54, 1.807) is 4.90 Å². The highest BCUT2D eigenvalue weighted by Crippen LogP contribution is 2.43. The van der Waals surface area contributed by atoms with E-state index in [0.717, 1.165) is 24.0 Å². The van der Waals surface area contributed by atoms with Crippen LogP contribution in [-0.4, -0.2) is 35.5 Å². The van der Waals surface area contributed by atoms with Crippen LogP contribution in [0.1, 0.15) is 43.1 Å². The number of amides is 1. The van der Waals surface area contributed by atoms with Crippen molar-refractivity contribution in [2.24, 2.45) is 5.41 Å².